The number of carbonyl (C=O) groups excluding carboxylic acids is 1. The molecule has 1 heterocycles. The van der Waals surface area contributed by atoms with Crippen LogP contribution in [0.15, 0.2) is 30.3 Å². The molecule has 158 valence electrons. The Morgan fingerprint density at radius 2 is 1.76 bits per heavy atom. The summed E-state index contributed by atoms with van der Waals surface area (Å²) >= 11 is 0. The average molecular weight is 398 g/mol. The van der Waals surface area contributed by atoms with Crippen LogP contribution in [0.4, 0.5) is 0 Å². The van der Waals surface area contributed by atoms with Gasteiger partial charge in [-0.1, -0.05) is 43.7 Å². The second-order valence-electron chi connectivity index (χ2n) is 11.0. The lowest BCUT2D eigenvalue weighted by molar-refractivity contribution is -0.211. The third-order valence-electron chi connectivity index (χ3n) is 8.72. The molecule has 5 fully saturated rings. The van der Waals surface area contributed by atoms with Crippen molar-refractivity contribution in [2.24, 2.45) is 16.7 Å². The summed E-state index contributed by atoms with van der Waals surface area (Å²) in [5.74, 6) is 0.763. The molecule has 5 aliphatic rings. The molecule has 4 bridgehead atoms. The molecule has 4 atom stereocenters. The first-order chi connectivity index (χ1) is 13.8. The number of carbonyl (C=O) groups is 1. The molecule has 4 heteroatoms. The highest BCUT2D eigenvalue weighted by atomic mass is 16.3. The van der Waals surface area contributed by atoms with E-state index in [0.717, 1.165) is 37.7 Å². The average Bonchev–Trinajstić information content (AvgIpc) is 2.67. The lowest BCUT2D eigenvalue weighted by atomic mass is 9.42. The van der Waals surface area contributed by atoms with Crippen LogP contribution in [0.1, 0.15) is 70.3 Å². The zero-order valence-electron chi connectivity index (χ0n) is 17.7. The van der Waals surface area contributed by atoms with E-state index in [4.69, 9.17) is 0 Å². The maximum atomic E-state index is 13.8. The van der Waals surface area contributed by atoms with E-state index in [2.05, 4.69) is 19.1 Å². The van der Waals surface area contributed by atoms with Crippen molar-refractivity contribution < 1.29 is 15.0 Å². The highest BCUT2D eigenvalue weighted by Gasteiger charge is 2.65. The van der Waals surface area contributed by atoms with Crippen molar-refractivity contribution in [2.75, 3.05) is 13.1 Å². The molecule has 4 saturated carbocycles. The Bertz CT molecular complexity index is 787. The predicted octanol–water partition coefficient (Wildman–Crippen LogP) is 3.69. The van der Waals surface area contributed by atoms with Gasteiger partial charge in [-0.2, -0.15) is 0 Å². The number of rotatable bonds is 4. The van der Waals surface area contributed by atoms with Gasteiger partial charge in [0.15, 0.2) is 0 Å². The van der Waals surface area contributed by atoms with Gasteiger partial charge in [-0.05, 0) is 68.3 Å². The molecule has 0 radical (unpaired) electrons. The number of benzene rings is 1. The molecule has 6 rings (SSSR count). The molecule has 4 unspecified atom stereocenters. The van der Waals surface area contributed by atoms with E-state index in [-0.39, 0.29) is 16.7 Å². The summed E-state index contributed by atoms with van der Waals surface area (Å²) in [6.07, 6.45) is 8.53. The Labute approximate surface area is 174 Å². The Hall–Kier alpha value is -1.39. The van der Waals surface area contributed by atoms with Crippen LogP contribution in [0.2, 0.25) is 0 Å². The topological polar surface area (TPSA) is 60.8 Å². The molecule has 1 saturated heterocycles. The Morgan fingerprint density at radius 1 is 1.03 bits per heavy atom. The third-order valence-corrected chi connectivity index (χ3v) is 8.72. The number of hydrogen-bond donors (Lipinski definition) is 2. The third kappa shape index (κ3) is 3.33. The number of nitrogens with zero attached hydrogens (tertiary/aromatic N) is 1. The van der Waals surface area contributed by atoms with Crippen LogP contribution >= 0.6 is 0 Å². The van der Waals surface area contributed by atoms with E-state index < -0.39 is 11.2 Å². The second-order valence-corrected chi connectivity index (χ2v) is 11.0. The predicted molar refractivity (Wildman–Crippen MR) is 112 cm³/mol. The fourth-order valence-electron chi connectivity index (χ4n) is 7.83. The summed E-state index contributed by atoms with van der Waals surface area (Å²) in [7, 11) is 0. The van der Waals surface area contributed by atoms with E-state index in [0.29, 0.717) is 44.7 Å². The van der Waals surface area contributed by atoms with Crippen LogP contribution in [0, 0.1) is 16.7 Å². The summed E-state index contributed by atoms with van der Waals surface area (Å²) in [5.41, 5.74) is -0.396. The van der Waals surface area contributed by atoms with E-state index >= 15 is 0 Å². The van der Waals surface area contributed by atoms with Gasteiger partial charge < -0.3 is 15.1 Å². The smallest absolute Gasteiger partial charge is 0.228 e. The van der Waals surface area contributed by atoms with Crippen LogP contribution in [-0.2, 0) is 11.2 Å². The van der Waals surface area contributed by atoms with Crippen molar-refractivity contribution in [3.05, 3.63) is 35.9 Å². The molecule has 1 aliphatic heterocycles. The summed E-state index contributed by atoms with van der Waals surface area (Å²) in [6, 6.07) is 10.2. The van der Waals surface area contributed by atoms with Crippen LogP contribution < -0.4 is 0 Å². The second kappa shape index (κ2) is 6.55. The van der Waals surface area contributed by atoms with E-state index in [1.165, 1.54) is 6.42 Å². The monoisotopic (exact) mass is 397 g/mol. The maximum absolute atomic E-state index is 13.8. The fraction of sp³-hybridized carbons (Fsp3) is 0.720. The molecule has 0 aromatic heterocycles. The van der Waals surface area contributed by atoms with Gasteiger partial charge in [-0.15, -0.1) is 0 Å². The highest BCUT2D eigenvalue weighted by Crippen LogP contribution is 2.68. The normalized spacial score (nSPS) is 40.2. The Kier molecular flexibility index (Phi) is 4.42. The summed E-state index contributed by atoms with van der Waals surface area (Å²) in [5, 5.41) is 22.3. The van der Waals surface area contributed by atoms with Crippen molar-refractivity contribution >= 4 is 5.91 Å². The first-order valence-electron chi connectivity index (χ1n) is 11.5. The molecule has 1 amide bonds. The Morgan fingerprint density at radius 3 is 2.41 bits per heavy atom. The number of hydrogen-bond acceptors (Lipinski definition) is 3. The molecule has 4 aliphatic carbocycles. The van der Waals surface area contributed by atoms with Crippen LogP contribution in [-0.4, -0.2) is 45.3 Å². The van der Waals surface area contributed by atoms with Gasteiger partial charge in [0.05, 0.1) is 16.6 Å². The summed E-state index contributed by atoms with van der Waals surface area (Å²) in [6.45, 7) is 3.50. The van der Waals surface area contributed by atoms with Crippen molar-refractivity contribution in [2.45, 2.75) is 82.3 Å². The molecule has 1 aromatic carbocycles. The minimum atomic E-state index is -0.720. The molecule has 4 nitrogen and oxygen atoms in total. The standard InChI is InChI=1S/C25H35NO3/c1-2-22-12-20-13-23(16-22,18-25(29,15-20)17-22)21(27)26-10-8-24(28,9-11-26)14-19-6-4-3-5-7-19/h3-7,20,28-29H,2,8-18H2,1H3. The minimum absolute atomic E-state index is 0.160. The van der Waals surface area contributed by atoms with E-state index in [1.807, 2.05) is 23.1 Å². The van der Waals surface area contributed by atoms with Crippen molar-refractivity contribution in [3.8, 4) is 0 Å². The van der Waals surface area contributed by atoms with Gasteiger partial charge in [0, 0.05) is 19.5 Å². The fourth-order valence-corrected chi connectivity index (χ4v) is 7.83. The molecule has 1 aromatic rings. The van der Waals surface area contributed by atoms with Gasteiger partial charge in [0.1, 0.15) is 0 Å². The van der Waals surface area contributed by atoms with Gasteiger partial charge in [-0.3, -0.25) is 4.79 Å². The minimum Gasteiger partial charge on any atom is -0.390 e. The highest BCUT2D eigenvalue weighted by molar-refractivity contribution is 5.83. The maximum Gasteiger partial charge on any atom is 0.228 e. The zero-order chi connectivity index (χ0) is 20.3. The zero-order valence-corrected chi connectivity index (χ0v) is 17.7. The van der Waals surface area contributed by atoms with Crippen molar-refractivity contribution in [1.29, 1.82) is 0 Å². The van der Waals surface area contributed by atoms with Gasteiger partial charge in [-0.25, -0.2) is 0 Å². The first-order valence-corrected chi connectivity index (χ1v) is 11.5. The number of aliphatic hydroxyl groups is 2. The molecule has 29 heavy (non-hydrogen) atoms. The summed E-state index contributed by atoms with van der Waals surface area (Å²) in [4.78, 5) is 15.8. The number of piperidine rings is 1. The largest absolute Gasteiger partial charge is 0.390 e. The SMILES string of the molecule is CCC12CC3CC(O)(C1)CC(C(=O)N1CCC(O)(Cc4ccccc4)CC1)(C3)C2. The lowest BCUT2D eigenvalue weighted by Gasteiger charge is -2.65. The van der Waals surface area contributed by atoms with E-state index in [1.54, 1.807) is 0 Å². The van der Waals surface area contributed by atoms with Gasteiger partial charge in [0.2, 0.25) is 5.91 Å². The van der Waals surface area contributed by atoms with E-state index in [9.17, 15) is 15.0 Å². The van der Waals surface area contributed by atoms with Crippen LogP contribution in [0.5, 0.6) is 0 Å². The molecular formula is C25H35NO3. The van der Waals surface area contributed by atoms with Crippen LogP contribution in [0.3, 0.4) is 0 Å². The van der Waals surface area contributed by atoms with Crippen molar-refractivity contribution in [1.82, 2.24) is 4.90 Å². The lowest BCUT2D eigenvalue weighted by Crippen LogP contribution is -2.65. The van der Waals surface area contributed by atoms with Gasteiger partial charge in [0.25, 0.3) is 0 Å². The number of likely N-dealkylation sites (tertiary alicyclic amines) is 1. The van der Waals surface area contributed by atoms with Crippen molar-refractivity contribution in [3.63, 3.8) is 0 Å². The quantitative estimate of drug-likeness (QED) is 0.814. The Balaban J connectivity index is 1.30. The molecule has 2 N–H and O–H groups in total. The molecular weight excluding hydrogens is 362 g/mol. The summed E-state index contributed by atoms with van der Waals surface area (Å²) < 4.78 is 0. The van der Waals surface area contributed by atoms with Gasteiger partial charge >= 0.3 is 0 Å². The molecule has 0 spiro atoms. The van der Waals surface area contributed by atoms with Crippen LogP contribution in [0.25, 0.3) is 0 Å². The number of amides is 1. The first kappa shape index (κ1) is 19.6.